The van der Waals surface area contributed by atoms with Crippen molar-refractivity contribution in [1.82, 2.24) is 0 Å². The maximum Gasteiger partial charge on any atom is 0.186 e. The van der Waals surface area contributed by atoms with Crippen LogP contribution < -0.4 is 12.4 Å². The van der Waals surface area contributed by atoms with Crippen LogP contribution in [0.15, 0.2) is 0 Å². The Hall–Kier alpha value is -0.0300. The van der Waals surface area contributed by atoms with Gasteiger partial charge in [0.1, 0.15) is 18.8 Å². The summed E-state index contributed by atoms with van der Waals surface area (Å²) in [4.78, 5) is 0. The highest BCUT2D eigenvalue weighted by atomic mass is 35.5. The molecule has 0 spiro atoms. The van der Waals surface area contributed by atoms with Gasteiger partial charge in [0.2, 0.25) is 0 Å². The van der Waals surface area contributed by atoms with Crippen LogP contribution in [0.3, 0.4) is 0 Å². The molecule has 1 saturated heterocycles. The van der Waals surface area contributed by atoms with Gasteiger partial charge in [-0.25, -0.2) is 0 Å². The average molecular weight is 388 g/mol. The Morgan fingerprint density at radius 3 is 2.24 bits per heavy atom. The number of nitrogens with zero attached hydrogens (tertiary/aromatic N) is 1. The van der Waals surface area contributed by atoms with Gasteiger partial charge in [0, 0.05) is 13.0 Å². The van der Waals surface area contributed by atoms with Gasteiger partial charge in [-0.05, 0) is 0 Å². The number of likely N-dealkylation sites (N-methyl/N-ethyl adjacent to an activating group) is 1. The second kappa shape index (κ2) is 11.6. The monoisotopic (exact) mass is 387 g/mol. The van der Waals surface area contributed by atoms with Crippen LogP contribution in [-0.4, -0.2) is 112 Å². The topological polar surface area (TPSA) is 97.6 Å². The fourth-order valence-electron chi connectivity index (χ4n) is 2.68. The Bertz CT molecular complexity index is 354. The van der Waals surface area contributed by atoms with Crippen LogP contribution in [0.25, 0.3) is 0 Å². The van der Waals surface area contributed by atoms with E-state index in [0.29, 0.717) is 24.2 Å². The molecule has 0 aliphatic carbocycles. The number of ether oxygens (including phenoxy) is 4. The summed E-state index contributed by atoms with van der Waals surface area (Å²) in [5.74, 6) is -0.265. The minimum atomic E-state index is -1.06. The molecule has 0 aromatic carbocycles. The van der Waals surface area contributed by atoms with Crippen molar-refractivity contribution in [1.29, 1.82) is 0 Å². The Labute approximate surface area is 156 Å². The van der Waals surface area contributed by atoms with Crippen LogP contribution in [0.4, 0.5) is 0 Å². The van der Waals surface area contributed by atoms with Crippen molar-refractivity contribution < 1.29 is 51.2 Å². The van der Waals surface area contributed by atoms with E-state index in [9.17, 15) is 15.3 Å². The first-order valence-electron chi connectivity index (χ1n) is 8.34. The Balaban J connectivity index is 0.00000576. The number of aliphatic hydroxyl groups is 3. The van der Waals surface area contributed by atoms with Crippen LogP contribution in [0.5, 0.6) is 0 Å². The van der Waals surface area contributed by atoms with E-state index in [1.54, 1.807) is 6.92 Å². The molecule has 1 fully saturated rings. The lowest BCUT2D eigenvalue weighted by Gasteiger charge is -2.40. The summed E-state index contributed by atoms with van der Waals surface area (Å²) >= 11 is 0. The van der Waals surface area contributed by atoms with Gasteiger partial charge in [0.15, 0.2) is 6.29 Å². The van der Waals surface area contributed by atoms with E-state index in [0.717, 1.165) is 0 Å². The second-order valence-electron chi connectivity index (χ2n) is 7.40. The van der Waals surface area contributed by atoms with E-state index >= 15 is 0 Å². The van der Waals surface area contributed by atoms with Crippen molar-refractivity contribution in [2.24, 2.45) is 5.92 Å². The standard InChI is InChI=1S/C16H34NO7.ClH/c1-11-13(24-16(21-5)15(20)14(11)19)10-23-7-6-22-9-12(18)8-17(2,3)4;/h11-16,18-20H,6-10H2,1-5H3;1H/q+1;/p-1/t11?,12?,13?,14-,15+,16+;/m0./s1. The first kappa shape index (κ1) is 25.0. The number of methoxy groups -OCH3 is 1. The molecule has 9 heteroatoms. The molecule has 1 aliphatic heterocycles. The van der Waals surface area contributed by atoms with Crippen molar-refractivity contribution in [2.75, 3.05) is 61.2 Å². The van der Waals surface area contributed by atoms with Crippen molar-refractivity contribution >= 4 is 0 Å². The summed E-state index contributed by atoms with van der Waals surface area (Å²) in [5.41, 5.74) is 0. The summed E-state index contributed by atoms with van der Waals surface area (Å²) in [6.07, 6.45) is -3.71. The zero-order chi connectivity index (χ0) is 18.3. The molecule has 0 bridgehead atoms. The lowest BCUT2D eigenvalue weighted by atomic mass is 9.91. The zero-order valence-corrected chi connectivity index (χ0v) is 16.6. The number of hydrogen-bond donors (Lipinski definition) is 3. The van der Waals surface area contributed by atoms with E-state index < -0.39 is 24.6 Å². The fourth-order valence-corrected chi connectivity index (χ4v) is 2.68. The van der Waals surface area contributed by atoms with Crippen LogP contribution in [0, 0.1) is 5.92 Å². The summed E-state index contributed by atoms with van der Waals surface area (Å²) < 4.78 is 22.2. The van der Waals surface area contributed by atoms with Gasteiger partial charge in [-0.15, -0.1) is 0 Å². The predicted molar refractivity (Wildman–Crippen MR) is 87.4 cm³/mol. The lowest BCUT2D eigenvalue weighted by molar-refractivity contribution is -0.873. The number of halogens is 1. The van der Waals surface area contributed by atoms with Crippen molar-refractivity contribution in [3.8, 4) is 0 Å². The SMILES string of the molecule is CO[C@@H]1OC(COCCOCC(O)C[N+](C)(C)C)C(C)[C@H](O)[C@H]1O.[Cl-]. The first-order chi connectivity index (χ1) is 11.2. The van der Waals surface area contributed by atoms with Crippen molar-refractivity contribution in [2.45, 2.75) is 37.6 Å². The molecular weight excluding hydrogens is 354 g/mol. The van der Waals surface area contributed by atoms with Gasteiger partial charge in [0.25, 0.3) is 0 Å². The number of aliphatic hydroxyl groups excluding tert-OH is 3. The molecule has 25 heavy (non-hydrogen) atoms. The highest BCUT2D eigenvalue weighted by molar-refractivity contribution is 4.86. The number of quaternary nitrogens is 1. The van der Waals surface area contributed by atoms with Gasteiger partial charge in [0.05, 0.1) is 59.8 Å². The summed E-state index contributed by atoms with van der Waals surface area (Å²) in [5, 5.41) is 29.6. The highest BCUT2D eigenvalue weighted by Gasteiger charge is 2.42. The van der Waals surface area contributed by atoms with E-state index in [1.165, 1.54) is 7.11 Å². The van der Waals surface area contributed by atoms with E-state index in [4.69, 9.17) is 18.9 Å². The Morgan fingerprint density at radius 1 is 1.08 bits per heavy atom. The second-order valence-corrected chi connectivity index (χ2v) is 7.40. The van der Waals surface area contributed by atoms with Crippen molar-refractivity contribution in [3.05, 3.63) is 0 Å². The normalized spacial score (nSPS) is 31.4. The predicted octanol–water partition coefficient (Wildman–Crippen LogP) is -4.18. The molecule has 0 aromatic rings. The molecule has 0 amide bonds. The van der Waals surface area contributed by atoms with Crippen LogP contribution in [-0.2, 0) is 18.9 Å². The third kappa shape index (κ3) is 8.94. The molecular formula is C16H34ClNO7. The summed E-state index contributed by atoms with van der Waals surface area (Å²) in [6.45, 7) is 3.69. The Morgan fingerprint density at radius 2 is 1.68 bits per heavy atom. The van der Waals surface area contributed by atoms with Gasteiger partial charge in [-0.1, -0.05) is 6.92 Å². The third-order valence-corrected chi connectivity index (χ3v) is 4.02. The van der Waals surface area contributed by atoms with Crippen molar-refractivity contribution in [3.63, 3.8) is 0 Å². The van der Waals surface area contributed by atoms with Crippen LogP contribution >= 0.6 is 0 Å². The highest BCUT2D eigenvalue weighted by Crippen LogP contribution is 2.26. The molecule has 1 rings (SSSR count). The van der Waals surface area contributed by atoms with Gasteiger partial charge < -0.3 is 51.2 Å². The number of hydrogen-bond acceptors (Lipinski definition) is 7. The quantitative estimate of drug-likeness (QED) is 0.258. The maximum absolute atomic E-state index is 9.99. The minimum Gasteiger partial charge on any atom is -1.00 e. The molecule has 0 saturated carbocycles. The molecule has 152 valence electrons. The van der Waals surface area contributed by atoms with E-state index in [-0.39, 0.29) is 37.6 Å². The maximum atomic E-state index is 9.99. The zero-order valence-electron chi connectivity index (χ0n) is 15.8. The molecule has 0 radical (unpaired) electrons. The van der Waals surface area contributed by atoms with Gasteiger partial charge in [-0.2, -0.15) is 0 Å². The summed E-state index contributed by atoms with van der Waals surface area (Å²) in [7, 11) is 7.45. The average Bonchev–Trinajstić information content (AvgIpc) is 2.48. The Kier molecular flexibility index (Phi) is 11.6. The molecule has 0 aromatic heterocycles. The summed E-state index contributed by atoms with van der Waals surface area (Å²) in [6, 6.07) is 0. The van der Waals surface area contributed by atoms with E-state index in [1.807, 2.05) is 21.1 Å². The van der Waals surface area contributed by atoms with Gasteiger partial charge >= 0.3 is 0 Å². The molecule has 3 unspecified atom stereocenters. The van der Waals surface area contributed by atoms with Gasteiger partial charge in [-0.3, -0.25) is 0 Å². The van der Waals surface area contributed by atoms with E-state index in [2.05, 4.69) is 0 Å². The molecule has 6 atom stereocenters. The lowest BCUT2D eigenvalue weighted by Crippen LogP contribution is -3.00. The van der Waals surface area contributed by atoms with Crippen LogP contribution in [0.2, 0.25) is 0 Å². The third-order valence-electron chi connectivity index (χ3n) is 4.02. The molecule has 1 heterocycles. The molecule has 1 aliphatic rings. The number of rotatable bonds is 10. The molecule has 8 nitrogen and oxygen atoms in total. The first-order valence-corrected chi connectivity index (χ1v) is 8.34. The smallest absolute Gasteiger partial charge is 0.186 e. The fraction of sp³-hybridized carbons (Fsp3) is 1.00. The minimum absolute atomic E-state index is 0. The van der Waals surface area contributed by atoms with Crippen LogP contribution in [0.1, 0.15) is 6.92 Å². The molecule has 3 N–H and O–H groups in total. The largest absolute Gasteiger partial charge is 1.00 e.